The van der Waals surface area contributed by atoms with E-state index in [1.165, 1.54) is 19.5 Å². The molecule has 2 bridgehead atoms. The lowest BCUT2D eigenvalue weighted by Gasteiger charge is -2.30. The van der Waals surface area contributed by atoms with Crippen molar-refractivity contribution in [3.8, 4) is 0 Å². The summed E-state index contributed by atoms with van der Waals surface area (Å²) in [6, 6.07) is 3.92. The Bertz CT molecular complexity index is 682. The molecule has 1 N–H and O–H groups in total. The molecule has 0 radical (unpaired) electrons. The minimum absolute atomic E-state index is 0.0753. The number of furan rings is 1. The van der Waals surface area contributed by atoms with Crippen LogP contribution in [0.1, 0.15) is 29.0 Å². The van der Waals surface area contributed by atoms with Crippen LogP contribution in [-0.4, -0.2) is 41.5 Å². The number of nitrogens with zero attached hydrogens (tertiary/aromatic N) is 2. The number of piperidine rings is 1. The van der Waals surface area contributed by atoms with Crippen molar-refractivity contribution in [3.63, 3.8) is 0 Å². The zero-order valence-electron chi connectivity index (χ0n) is 12.1. The Morgan fingerprint density at radius 2 is 2.38 bits per heavy atom. The van der Waals surface area contributed by atoms with Gasteiger partial charge in [-0.2, -0.15) is 0 Å². The molecule has 2 saturated heterocycles. The van der Waals surface area contributed by atoms with Crippen molar-refractivity contribution >= 4 is 16.9 Å². The summed E-state index contributed by atoms with van der Waals surface area (Å²) in [6.07, 6.45) is 3.99. The molecule has 5 heteroatoms. The van der Waals surface area contributed by atoms with Gasteiger partial charge in [0.15, 0.2) is 5.58 Å². The molecule has 3 atom stereocenters. The van der Waals surface area contributed by atoms with Crippen LogP contribution < -0.4 is 5.32 Å². The third-order valence-corrected chi connectivity index (χ3v) is 4.64. The highest BCUT2D eigenvalue weighted by Crippen LogP contribution is 2.27. The molecule has 110 valence electrons. The standard InChI is InChI=1S/C16H19N3O2/c1-10-15-12(3-5-21-15)7-14(17-10)16(20)18-13-6-11-2-4-19(8-11)9-13/h3,5,7,11,13H,2,4,6,8-9H2,1H3,(H,18,20)/t11-,13-/m1/s1. The third kappa shape index (κ3) is 2.31. The molecule has 1 amide bonds. The largest absolute Gasteiger partial charge is 0.462 e. The van der Waals surface area contributed by atoms with Crippen LogP contribution in [0.2, 0.25) is 0 Å². The summed E-state index contributed by atoms with van der Waals surface area (Å²) >= 11 is 0. The molecule has 2 aliphatic heterocycles. The van der Waals surface area contributed by atoms with Gasteiger partial charge in [0.2, 0.25) is 0 Å². The summed E-state index contributed by atoms with van der Waals surface area (Å²) in [5, 5.41) is 4.08. The van der Waals surface area contributed by atoms with E-state index in [9.17, 15) is 4.79 Å². The van der Waals surface area contributed by atoms with Gasteiger partial charge in [-0.05, 0) is 44.4 Å². The minimum Gasteiger partial charge on any atom is -0.462 e. The van der Waals surface area contributed by atoms with Gasteiger partial charge in [0.1, 0.15) is 5.69 Å². The summed E-state index contributed by atoms with van der Waals surface area (Å²) in [5.74, 6) is 0.670. The Morgan fingerprint density at radius 3 is 3.24 bits per heavy atom. The van der Waals surface area contributed by atoms with Crippen molar-refractivity contribution in [2.75, 3.05) is 19.6 Å². The summed E-state index contributed by atoms with van der Waals surface area (Å²) in [4.78, 5) is 19.3. The molecule has 0 saturated carbocycles. The maximum Gasteiger partial charge on any atom is 0.270 e. The second-order valence-corrected chi connectivity index (χ2v) is 6.25. The molecule has 2 aromatic rings. The summed E-state index contributed by atoms with van der Waals surface area (Å²) < 4.78 is 5.37. The predicted octanol–water partition coefficient (Wildman–Crippen LogP) is 1.96. The highest BCUT2D eigenvalue weighted by Gasteiger charge is 2.33. The monoisotopic (exact) mass is 285 g/mol. The number of nitrogens with one attached hydrogen (secondary N) is 1. The van der Waals surface area contributed by atoms with Crippen molar-refractivity contribution in [2.24, 2.45) is 5.92 Å². The molecule has 0 aromatic carbocycles. The highest BCUT2D eigenvalue weighted by atomic mass is 16.3. The normalized spacial score (nSPS) is 28.0. The number of carbonyl (C=O) groups excluding carboxylic acids is 1. The highest BCUT2D eigenvalue weighted by molar-refractivity contribution is 5.96. The average Bonchev–Trinajstić information content (AvgIpc) is 3.05. The van der Waals surface area contributed by atoms with Gasteiger partial charge in [-0.25, -0.2) is 4.98 Å². The molecule has 2 aromatic heterocycles. The van der Waals surface area contributed by atoms with Crippen LogP contribution in [0.3, 0.4) is 0 Å². The van der Waals surface area contributed by atoms with Crippen LogP contribution in [0, 0.1) is 12.8 Å². The lowest BCUT2D eigenvalue weighted by atomic mass is 9.97. The van der Waals surface area contributed by atoms with Crippen LogP contribution in [0.5, 0.6) is 0 Å². The van der Waals surface area contributed by atoms with Gasteiger partial charge in [0.05, 0.1) is 12.0 Å². The molecule has 21 heavy (non-hydrogen) atoms. The van der Waals surface area contributed by atoms with Crippen molar-refractivity contribution in [1.29, 1.82) is 0 Å². The van der Waals surface area contributed by atoms with E-state index in [0.717, 1.165) is 35.5 Å². The first-order valence-corrected chi connectivity index (χ1v) is 7.57. The van der Waals surface area contributed by atoms with E-state index in [1.54, 1.807) is 12.3 Å². The number of rotatable bonds is 2. The fourth-order valence-electron chi connectivity index (χ4n) is 3.68. The topological polar surface area (TPSA) is 58.4 Å². The van der Waals surface area contributed by atoms with E-state index in [2.05, 4.69) is 15.2 Å². The van der Waals surface area contributed by atoms with E-state index in [4.69, 9.17) is 4.42 Å². The van der Waals surface area contributed by atoms with Crippen molar-refractivity contribution in [1.82, 2.24) is 15.2 Å². The van der Waals surface area contributed by atoms with Crippen molar-refractivity contribution < 1.29 is 9.21 Å². The smallest absolute Gasteiger partial charge is 0.270 e. The Balaban J connectivity index is 1.53. The molecular weight excluding hydrogens is 266 g/mol. The van der Waals surface area contributed by atoms with Gasteiger partial charge < -0.3 is 14.6 Å². The Hall–Kier alpha value is -1.88. The van der Waals surface area contributed by atoms with E-state index < -0.39 is 0 Å². The Morgan fingerprint density at radius 1 is 1.48 bits per heavy atom. The maximum absolute atomic E-state index is 12.4. The van der Waals surface area contributed by atoms with Crippen LogP contribution in [-0.2, 0) is 0 Å². The molecule has 5 nitrogen and oxygen atoms in total. The lowest BCUT2D eigenvalue weighted by molar-refractivity contribution is 0.0904. The number of fused-ring (bicyclic) bond motifs is 3. The van der Waals surface area contributed by atoms with Crippen LogP contribution in [0.25, 0.3) is 11.0 Å². The van der Waals surface area contributed by atoms with Gasteiger partial charge in [0, 0.05) is 24.5 Å². The first kappa shape index (κ1) is 12.8. The fraction of sp³-hybridized carbons (Fsp3) is 0.500. The zero-order chi connectivity index (χ0) is 14.4. The van der Waals surface area contributed by atoms with E-state index >= 15 is 0 Å². The van der Waals surface area contributed by atoms with Gasteiger partial charge in [0.25, 0.3) is 5.91 Å². The quantitative estimate of drug-likeness (QED) is 0.916. The van der Waals surface area contributed by atoms with E-state index in [1.807, 2.05) is 13.0 Å². The minimum atomic E-state index is -0.0753. The number of pyridine rings is 1. The Labute approximate surface area is 123 Å². The SMILES string of the molecule is Cc1nc(C(=O)N[C@@H]2C[C@H]3CCN(C3)C2)cc2ccoc12. The molecule has 1 unspecified atom stereocenters. The van der Waals surface area contributed by atoms with Gasteiger partial charge in [-0.3, -0.25) is 4.79 Å². The summed E-state index contributed by atoms with van der Waals surface area (Å²) in [6.45, 7) is 5.21. The van der Waals surface area contributed by atoms with Gasteiger partial charge in [-0.15, -0.1) is 0 Å². The number of amides is 1. The third-order valence-electron chi connectivity index (χ3n) is 4.64. The van der Waals surface area contributed by atoms with E-state index in [0.29, 0.717) is 5.69 Å². The fourth-order valence-corrected chi connectivity index (χ4v) is 3.68. The number of hydrogen-bond acceptors (Lipinski definition) is 4. The summed E-state index contributed by atoms with van der Waals surface area (Å²) in [5.41, 5.74) is 2.00. The molecule has 2 fully saturated rings. The second-order valence-electron chi connectivity index (χ2n) is 6.25. The molecule has 2 aliphatic rings. The number of carbonyl (C=O) groups is 1. The molecule has 4 rings (SSSR count). The average molecular weight is 285 g/mol. The lowest BCUT2D eigenvalue weighted by Crippen LogP contribution is -2.47. The van der Waals surface area contributed by atoms with Crippen LogP contribution in [0.15, 0.2) is 22.8 Å². The molecular formula is C16H19N3O2. The van der Waals surface area contributed by atoms with Crippen LogP contribution in [0.4, 0.5) is 0 Å². The molecule has 4 heterocycles. The van der Waals surface area contributed by atoms with Gasteiger partial charge >= 0.3 is 0 Å². The van der Waals surface area contributed by atoms with Crippen molar-refractivity contribution in [3.05, 3.63) is 29.8 Å². The number of hydrogen-bond donors (Lipinski definition) is 1. The Kier molecular flexibility index (Phi) is 2.96. The second kappa shape index (κ2) is 4.84. The van der Waals surface area contributed by atoms with Gasteiger partial charge in [-0.1, -0.05) is 0 Å². The predicted molar refractivity (Wildman–Crippen MR) is 79.2 cm³/mol. The maximum atomic E-state index is 12.4. The number of aromatic nitrogens is 1. The molecule has 0 aliphatic carbocycles. The van der Waals surface area contributed by atoms with E-state index in [-0.39, 0.29) is 11.9 Å². The zero-order valence-corrected chi connectivity index (χ0v) is 12.1. The first-order valence-electron chi connectivity index (χ1n) is 7.57. The number of aryl methyl sites for hydroxylation is 1. The molecule has 0 spiro atoms. The first-order chi connectivity index (χ1) is 10.2. The van der Waals surface area contributed by atoms with Crippen LogP contribution >= 0.6 is 0 Å². The van der Waals surface area contributed by atoms with Crippen molar-refractivity contribution in [2.45, 2.75) is 25.8 Å². The summed E-state index contributed by atoms with van der Waals surface area (Å²) in [7, 11) is 0.